The molecule has 0 bridgehead atoms. The molecule has 2 heterocycles. The maximum absolute atomic E-state index is 13.9. The van der Waals surface area contributed by atoms with Crippen LogP contribution in [-0.2, 0) is 6.54 Å². The van der Waals surface area contributed by atoms with Crippen LogP contribution >= 0.6 is 0 Å². The van der Waals surface area contributed by atoms with Crippen LogP contribution in [-0.4, -0.2) is 35.6 Å². The first-order valence-corrected chi connectivity index (χ1v) is 8.26. The Morgan fingerprint density at radius 1 is 1.32 bits per heavy atom. The van der Waals surface area contributed by atoms with Crippen LogP contribution in [0.5, 0.6) is 0 Å². The topological polar surface area (TPSA) is 28.2 Å². The summed E-state index contributed by atoms with van der Waals surface area (Å²) < 4.78 is 13.9. The molecule has 4 heteroatoms. The van der Waals surface area contributed by atoms with Crippen LogP contribution in [0.4, 0.5) is 4.39 Å². The zero-order chi connectivity index (χ0) is 15.4. The molecule has 1 aliphatic rings. The van der Waals surface area contributed by atoms with Gasteiger partial charge in [0.2, 0.25) is 0 Å². The van der Waals surface area contributed by atoms with Gasteiger partial charge in [0.15, 0.2) is 0 Å². The molecule has 22 heavy (non-hydrogen) atoms. The molecule has 1 fully saturated rings. The molecule has 1 aromatic carbocycles. The van der Waals surface area contributed by atoms with Gasteiger partial charge >= 0.3 is 0 Å². The van der Waals surface area contributed by atoms with E-state index >= 15 is 0 Å². The first-order chi connectivity index (χ1) is 10.8. The molecule has 0 aliphatic carbocycles. The molecule has 0 radical (unpaired) electrons. The Balaban J connectivity index is 1.88. The molecule has 0 atom stereocenters. The predicted molar refractivity (Wildman–Crippen MR) is 88.3 cm³/mol. The van der Waals surface area contributed by atoms with E-state index in [1.54, 1.807) is 18.3 Å². The average molecular weight is 301 g/mol. The Morgan fingerprint density at radius 2 is 2.14 bits per heavy atom. The van der Waals surface area contributed by atoms with Gasteiger partial charge in [0.05, 0.1) is 5.52 Å². The number of nitrogens with zero attached hydrogens (tertiary/aromatic N) is 2. The van der Waals surface area contributed by atoms with Crippen LogP contribution in [0.15, 0.2) is 30.5 Å². The summed E-state index contributed by atoms with van der Waals surface area (Å²) in [5.74, 6) is -0.169. The Bertz CT molecular complexity index is 623. The molecular formula is C18H24FN3. The minimum Gasteiger partial charge on any atom is -0.317 e. The number of nitrogens with one attached hydrogen (secondary N) is 1. The summed E-state index contributed by atoms with van der Waals surface area (Å²) in [6, 6.07) is 7.61. The van der Waals surface area contributed by atoms with E-state index in [-0.39, 0.29) is 5.82 Å². The van der Waals surface area contributed by atoms with Crippen molar-refractivity contribution in [2.24, 2.45) is 0 Å². The fourth-order valence-corrected chi connectivity index (χ4v) is 3.42. The van der Waals surface area contributed by atoms with Gasteiger partial charge in [-0.05, 0) is 62.7 Å². The summed E-state index contributed by atoms with van der Waals surface area (Å²) in [5.41, 5.74) is 1.93. The average Bonchev–Trinajstić information content (AvgIpc) is 2.55. The quantitative estimate of drug-likeness (QED) is 0.918. The SMILES string of the molecule is CCCN(Cc1cc(F)cc2cccnc12)C1CCNCC1. The van der Waals surface area contributed by atoms with Crippen molar-refractivity contribution in [2.75, 3.05) is 19.6 Å². The van der Waals surface area contributed by atoms with Crippen LogP contribution in [0, 0.1) is 5.82 Å². The lowest BCUT2D eigenvalue weighted by Gasteiger charge is -2.34. The van der Waals surface area contributed by atoms with Crippen molar-refractivity contribution in [2.45, 2.75) is 38.8 Å². The number of halogens is 1. The first kappa shape index (κ1) is 15.4. The van der Waals surface area contributed by atoms with E-state index in [9.17, 15) is 4.39 Å². The molecule has 1 N–H and O–H groups in total. The molecule has 2 aromatic rings. The summed E-state index contributed by atoms with van der Waals surface area (Å²) in [6.07, 6.45) is 5.24. The zero-order valence-corrected chi connectivity index (χ0v) is 13.2. The summed E-state index contributed by atoms with van der Waals surface area (Å²) in [4.78, 5) is 6.98. The monoisotopic (exact) mass is 301 g/mol. The van der Waals surface area contributed by atoms with Gasteiger partial charge < -0.3 is 5.32 Å². The summed E-state index contributed by atoms with van der Waals surface area (Å²) in [7, 11) is 0. The van der Waals surface area contributed by atoms with Crippen molar-refractivity contribution in [1.29, 1.82) is 0 Å². The maximum Gasteiger partial charge on any atom is 0.124 e. The molecular weight excluding hydrogens is 277 g/mol. The maximum atomic E-state index is 13.9. The lowest BCUT2D eigenvalue weighted by molar-refractivity contribution is 0.154. The number of aromatic nitrogens is 1. The number of hydrogen-bond acceptors (Lipinski definition) is 3. The van der Waals surface area contributed by atoms with Gasteiger partial charge in [-0.1, -0.05) is 13.0 Å². The molecule has 0 saturated carbocycles. The van der Waals surface area contributed by atoms with E-state index in [2.05, 4.69) is 22.1 Å². The molecule has 0 spiro atoms. The highest BCUT2D eigenvalue weighted by molar-refractivity contribution is 5.81. The standard InChI is InChI=1S/C18H24FN3/c1-2-10-22(17-5-8-20-9-6-17)13-15-12-16(19)11-14-4-3-7-21-18(14)15/h3-4,7,11-12,17,20H,2,5-6,8-10,13H2,1H3. The van der Waals surface area contributed by atoms with Gasteiger partial charge in [0.25, 0.3) is 0 Å². The molecule has 1 saturated heterocycles. The summed E-state index contributed by atoms with van der Waals surface area (Å²) in [6.45, 7) is 6.19. The predicted octanol–water partition coefficient (Wildman–Crippen LogP) is 3.34. The first-order valence-electron chi connectivity index (χ1n) is 8.26. The van der Waals surface area contributed by atoms with Gasteiger partial charge in [-0.15, -0.1) is 0 Å². The Morgan fingerprint density at radius 3 is 2.91 bits per heavy atom. The van der Waals surface area contributed by atoms with Crippen LogP contribution < -0.4 is 5.32 Å². The van der Waals surface area contributed by atoms with Crippen LogP contribution in [0.1, 0.15) is 31.7 Å². The third-order valence-corrected chi connectivity index (χ3v) is 4.46. The van der Waals surface area contributed by atoms with E-state index in [4.69, 9.17) is 0 Å². The molecule has 0 amide bonds. The van der Waals surface area contributed by atoms with Crippen molar-refractivity contribution in [3.63, 3.8) is 0 Å². The van der Waals surface area contributed by atoms with E-state index in [0.29, 0.717) is 6.04 Å². The van der Waals surface area contributed by atoms with Gasteiger partial charge in [0, 0.05) is 24.2 Å². The van der Waals surface area contributed by atoms with Gasteiger partial charge in [-0.25, -0.2) is 4.39 Å². The van der Waals surface area contributed by atoms with Crippen molar-refractivity contribution < 1.29 is 4.39 Å². The minimum absolute atomic E-state index is 0.169. The van der Waals surface area contributed by atoms with Crippen molar-refractivity contribution in [1.82, 2.24) is 15.2 Å². The summed E-state index contributed by atoms with van der Waals surface area (Å²) >= 11 is 0. The molecule has 118 valence electrons. The Hall–Kier alpha value is -1.52. The lowest BCUT2D eigenvalue weighted by Crippen LogP contribution is -2.43. The minimum atomic E-state index is -0.169. The fraction of sp³-hybridized carbons (Fsp3) is 0.500. The van der Waals surface area contributed by atoms with E-state index in [0.717, 1.165) is 49.1 Å². The van der Waals surface area contributed by atoms with Crippen molar-refractivity contribution in [3.8, 4) is 0 Å². The molecule has 1 aromatic heterocycles. The van der Waals surface area contributed by atoms with E-state index in [1.807, 2.05) is 12.1 Å². The lowest BCUT2D eigenvalue weighted by atomic mass is 10.0. The third-order valence-electron chi connectivity index (χ3n) is 4.46. The molecule has 3 nitrogen and oxygen atoms in total. The normalized spacial score (nSPS) is 16.5. The second-order valence-corrected chi connectivity index (χ2v) is 6.09. The molecule has 0 unspecified atom stereocenters. The Kier molecular flexibility index (Phi) is 5.01. The van der Waals surface area contributed by atoms with Gasteiger partial charge in [-0.2, -0.15) is 0 Å². The van der Waals surface area contributed by atoms with Crippen LogP contribution in [0.2, 0.25) is 0 Å². The van der Waals surface area contributed by atoms with Gasteiger partial charge in [-0.3, -0.25) is 9.88 Å². The second-order valence-electron chi connectivity index (χ2n) is 6.09. The number of fused-ring (bicyclic) bond motifs is 1. The van der Waals surface area contributed by atoms with Crippen LogP contribution in [0.3, 0.4) is 0 Å². The number of benzene rings is 1. The summed E-state index contributed by atoms with van der Waals surface area (Å²) in [5, 5.41) is 4.30. The number of piperidine rings is 1. The van der Waals surface area contributed by atoms with Crippen molar-refractivity contribution in [3.05, 3.63) is 41.8 Å². The highest BCUT2D eigenvalue weighted by Gasteiger charge is 2.21. The van der Waals surface area contributed by atoms with Crippen molar-refractivity contribution >= 4 is 10.9 Å². The highest BCUT2D eigenvalue weighted by Crippen LogP contribution is 2.22. The smallest absolute Gasteiger partial charge is 0.124 e. The third kappa shape index (κ3) is 3.45. The number of hydrogen-bond donors (Lipinski definition) is 1. The highest BCUT2D eigenvalue weighted by atomic mass is 19.1. The second kappa shape index (κ2) is 7.16. The number of pyridine rings is 1. The molecule has 3 rings (SSSR count). The molecule has 1 aliphatic heterocycles. The number of rotatable bonds is 5. The Labute approximate surface area is 131 Å². The zero-order valence-electron chi connectivity index (χ0n) is 13.2. The largest absolute Gasteiger partial charge is 0.317 e. The van der Waals surface area contributed by atoms with E-state index in [1.165, 1.54) is 12.8 Å². The fourth-order valence-electron chi connectivity index (χ4n) is 3.42. The van der Waals surface area contributed by atoms with Crippen LogP contribution in [0.25, 0.3) is 10.9 Å². The van der Waals surface area contributed by atoms with E-state index < -0.39 is 0 Å². The van der Waals surface area contributed by atoms with Gasteiger partial charge in [0.1, 0.15) is 5.82 Å².